The molecule has 0 saturated carbocycles. The molecule has 1 aliphatic rings. The van der Waals surface area contributed by atoms with E-state index in [-0.39, 0.29) is 31.1 Å². The van der Waals surface area contributed by atoms with Crippen LogP contribution in [0.3, 0.4) is 0 Å². The second-order valence-corrected chi connectivity index (χ2v) is 17.2. The van der Waals surface area contributed by atoms with Crippen LogP contribution in [0.1, 0.15) is 108 Å². The van der Waals surface area contributed by atoms with Gasteiger partial charge in [0.1, 0.15) is 42.3 Å². The van der Waals surface area contributed by atoms with Crippen LogP contribution in [0.4, 0.5) is 0 Å². The summed E-state index contributed by atoms with van der Waals surface area (Å²) in [5, 5.41) is 22.8. The number of likely N-dealkylation sites (N-methyl/N-ethyl adjacent to an activating group) is 4. The third-order valence-electron chi connectivity index (χ3n) is 11.4. The number of aliphatic hydroxyl groups excluding tert-OH is 1. The lowest BCUT2D eigenvalue weighted by atomic mass is 9.94. The topological polar surface area (TPSA) is 201 Å². The Morgan fingerprint density at radius 3 is 1.56 bits per heavy atom. The van der Waals surface area contributed by atoms with E-state index in [9.17, 15) is 38.7 Å². The number of amides is 7. The first-order valence-corrected chi connectivity index (χ1v) is 20.7. The molecule has 1 saturated heterocycles. The fraction of sp³-hybridized carbons (Fsp3) is 0.829. The Balaban J connectivity index is 4.04. The maximum Gasteiger partial charge on any atom is 0.245 e. The fourth-order valence-electron chi connectivity index (χ4n) is 6.93. The quantitative estimate of drug-likeness (QED) is 0.171. The zero-order valence-electron chi connectivity index (χ0n) is 37.5. The average Bonchev–Trinajstić information content (AvgIpc) is 3.16. The van der Waals surface area contributed by atoms with Crippen molar-refractivity contribution in [1.82, 2.24) is 40.9 Å². The number of nitrogens with zero attached hydrogens (tertiary/aromatic N) is 4. The van der Waals surface area contributed by atoms with Gasteiger partial charge in [0, 0.05) is 28.2 Å². The first-order valence-electron chi connectivity index (χ1n) is 20.7. The normalized spacial score (nSPS) is 27.1. The molecule has 1 fully saturated rings. The number of unbranched alkanes of at least 4 members (excludes halogenated alkanes) is 1. The predicted octanol–water partition coefficient (Wildman–Crippen LogP) is 1.35. The zero-order valence-corrected chi connectivity index (χ0v) is 37.5. The molecule has 0 unspecified atom stereocenters. The standard InChI is InChI=1S/C41H76N8O8/c1-16-26(8)32-41(57)47(13)28(10)39(55)49(15)31(22-24(4)5)36(52)43-29(21-23(2)3)40(56)46(12)27(9)38(54)48(14)30(19-17-18-20-42-11)35(51)45-33(37(53)44-32)34(50)25(6)7/h23-34,42,50H,16-22H2,1-15H3,(H,43,52)(H,44,53)(H,45,51)/t26-,27-,28-,29-,30+,31-,32+,33+,34+/m0/s1. The summed E-state index contributed by atoms with van der Waals surface area (Å²) in [6.07, 6.45) is 1.05. The highest BCUT2D eigenvalue weighted by Crippen LogP contribution is 2.20. The van der Waals surface area contributed by atoms with Gasteiger partial charge in [-0.15, -0.1) is 0 Å². The molecule has 0 aromatic carbocycles. The molecule has 16 nitrogen and oxygen atoms in total. The molecule has 1 rings (SSSR count). The van der Waals surface area contributed by atoms with E-state index in [1.54, 1.807) is 41.7 Å². The Hall–Kier alpha value is -3.79. The van der Waals surface area contributed by atoms with Gasteiger partial charge < -0.3 is 46.0 Å². The Morgan fingerprint density at radius 1 is 0.614 bits per heavy atom. The summed E-state index contributed by atoms with van der Waals surface area (Å²) >= 11 is 0. The van der Waals surface area contributed by atoms with Crippen LogP contribution in [-0.4, -0.2) is 156 Å². The van der Waals surface area contributed by atoms with Crippen molar-refractivity contribution in [2.75, 3.05) is 41.8 Å². The van der Waals surface area contributed by atoms with Gasteiger partial charge in [-0.1, -0.05) is 61.8 Å². The van der Waals surface area contributed by atoms with E-state index in [4.69, 9.17) is 0 Å². The Kier molecular flexibility index (Phi) is 21.2. The van der Waals surface area contributed by atoms with E-state index in [2.05, 4.69) is 21.3 Å². The van der Waals surface area contributed by atoms with Crippen LogP contribution < -0.4 is 21.3 Å². The second-order valence-electron chi connectivity index (χ2n) is 17.2. The summed E-state index contributed by atoms with van der Waals surface area (Å²) in [5.74, 6) is -5.18. The van der Waals surface area contributed by atoms with E-state index in [0.29, 0.717) is 25.8 Å². The van der Waals surface area contributed by atoms with Gasteiger partial charge in [0.15, 0.2) is 0 Å². The second kappa shape index (κ2) is 23.6. The van der Waals surface area contributed by atoms with Crippen LogP contribution in [0.5, 0.6) is 0 Å². The Morgan fingerprint density at radius 2 is 1.09 bits per heavy atom. The third-order valence-corrected chi connectivity index (χ3v) is 11.4. The van der Waals surface area contributed by atoms with Gasteiger partial charge in [-0.3, -0.25) is 33.6 Å². The van der Waals surface area contributed by atoms with Crippen LogP contribution in [0.15, 0.2) is 0 Å². The highest BCUT2D eigenvalue weighted by Gasteiger charge is 2.42. The number of nitrogens with one attached hydrogen (secondary N) is 4. The molecule has 16 heteroatoms. The maximum atomic E-state index is 14.2. The predicted molar refractivity (Wildman–Crippen MR) is 220 cm³/mol. The zero-order chi connectivity index (χ0) is 44.1. The molecule has 0 bridgehead atoms. The lowest BCUT2D eigenvalue weighted by Crippen LogP contribution is -2.63. The van der Waals surface area contributed by atoms with E-state index in [0.717, 1.165) is 0 Å². The molecule has 0 spiro atoms. The number of rotatable bonds is 13. The van der Waals surface area contributed by atoms with Crippen LogP contribution in [0, 0.1) is 23.7 Å². The van der Waals surface area contributed by atoms with Gasteiger partial charge in [0.25, 0.3) is 0 Å². The molecule has 328 valence electrons. The molecule has 5 N–H and O–H groups in total. The molecular formula is C41H76N8O8. The van der Waals surface area contributed by atoms with Crippen LogP contribution in [0.25, 0.3) is 0 Å². The first kappa shape index (κ1) is 51.2. The van der Waals surface area contributed by atoms with Gasteiger partial charge >= 0.3 is 0 Å². The van der Waals surface area contributed by atoms with E-state index in [1.165, 1.54) is 47.8 Å². The lowest BCUT2D eigenvalue weighted by molar-refractivity contribution is -0.150. The summed E-state index contributed by atoms with van der Waals surface area (Å²) in [6.45, 7) is 18.4. The number of hydrogen-bond acceptors (Lipinski definition) is 9. The van der Waals surface area contributed by atoms with E-state index < -0.39 is 102 Å². The van der Waals surface area contributed by atoms with Gasteiger partial charge in [0.05, 0.1) is 6.10 Å². The van der Waals surface area contributed by atoms with Crippen molar-refractivity contribution in [3.05, 3.63) is 0 Å². The lowest BCUT2D eigenvalue weighted by Gasteiger charge is -2.37. The van der Waals surface area contributed by atoms with Crippen molar-refractivity contribution in [2.45, 2.75) is 156 Å². The van der Waals surface area contributed by atoms with Crippen LogP contribution >= 0.6 is 0 Å². The average molecular weight is 809 g/mol. The minimum absolute atomic E-state index is 0.0307. The minimum Gasteiger partial charge on any atom is -0.390 e. The SMILES string of the molecule is CC[C@H](C)[C@H]1NC(=O)[C@@H]([C@H](O)C(C)C)NC(=O)[C@@H](CCCCNC)N(C)C(=O)[C@H](C)N(C)C(=O)[C@H](CC(C)C)NC(=O)[C@H](CC(C)C)N(C)C(=O)[C@H](C)N(C)C1=O. The van der Waals surface area contributed by atoms with Crippen molar-refractivity contribution in [1.29, 1.82) is 0 Å². The van der Waals surface area contributed by atoms with Crippen molar-refractivity contribution in [3.8, 4) is 0 Å². The van der Waals surface area contributed by atoms with Crippen LogP contribution in [0.2, 0.25) is 0 Å². The summed E-state index contributed by atoms with van der Waals surface area (Å²) in [7, 11) is 7.69. The number of hydrogen-bond donors (Lipinski definition) is 5. The molecule has 1 aliphatic heterocycles. The van der Waals surface area contributed by atoms with Gasteiger partial charge in [0.2, 0.25) is 41.4 Å². The third kappa shape index (κ3) is 14.2. The molecule has 0 aromatic rings. The first-order chi connectivity index (χ1) is 26.4. The highest BCUT2D eigenvalue weighted by molar-refractivity contribution is 5.98. The molecule has 0 radical (unpaired) electrons. The Bertz CT molecular complexity index is 1380. The molecule has 57 heavy (non-hydrogen) atoms. The van der Waals surface area contributed by atoms with Gasteiger partial charge in [-0.25, -0.2) is 0 Å². The fourth-order valence-corrected chi connectivity index (χ4v) is 6.93. The van der Waals surface area contributed by atoms with Crippen molar-refractivity contribution >= 4 is 41.4 Å². The highest BCUT2D eigenvalue weighted by atomic mass is 16.3. The molecular weight excluding hydrogens is 732 g/mol. The van der Waals surface area contributed by atoms with Gasteiger partial charge in [-0.2, -0.15) is 0 Å². The summed E-state index contributed by atoms with van der Waals surface area (Å²) in [6, 6.07) is -7.90. The molecule has 0 aliphatic carbocycles. The molecule has 7 amide bonds. The number of carbonyl (C=O) groups is 7. The number of carbonyl (C=O) groups excluding carboxylic acids is 7. The summed E-state index contributed by atoms with van der Waals surface area (Å²) in [5.41, 5.74) is 0. The van der Waals surface area contributed by atoms with Crippen molar-refractivity contribution in [2.24, 2.45) is 23.7 Å². The minimum atomic E-state index is -1.50. The summed E-state index contributed by atoms with van der Waals surface area (Å²) in [4.78, 5) is 104. The smallest absolute Gasteiger partial charge is 0.245 e. The maximum absolute atomic E-state index is 14.2. The van der Waals surface area contributed by atoms with Crippen molar-refractivity contribution < 1.29 is 38.7 Å². The van der Waals surface area contributed by atoms with Crippen molar-refractivity contribution in [3.63, 3.8) is 0 Å². The molecule has 0 aromatic heterocycles. The van der Waals surface area contributed by atoms with Crippen LogP contribution in [-0.2, 0) is 33.6 Å². The van der Waals surface area contributed by atoms with E-state index >= 15 is 0 Å². The Labute approximate surface area is 341 Å². The number of aliphatic hydroxyl groups is 1. The summed E-state index contributed by atoms with van der Waals surface area (Å²) < 4.78 is 0. The van der Waals surface area contributed by atoms with E-state index in [1.807, 2.05) is 34.6 Å². The monoisotopic (exact) mass is 809 g/mol. The molecule has 1 heterocycles. The largest absolute Gasteiger partial charge is 0.390 e. The van der Waals surface area contributed by atoms with Gasteiger partial charge in [-0.05, 0) is 83.2 Å². The molecule has 9 atom stereocenters.